The number of amides is 2. The van der Waals surface area contributed by atoms with Crippen molar-refractivity contribution in [2.45, 2.75) is 51.0 Å². The van der Waals surface area contributed by atoms with E-state index in [9.17, 15) is 4.79 Å². The SMILES string of the molecule is COc1cc(CN(C)C(=O)NCc2cccc(COC(C)(C)C)c2)ccc1SC. The van der Waals surface area contributed by atoms with Crippen LogP contribution in [-0.2, 0) is 24.4 Å². The Hall–Kier alpha value is -2.18. The minimum absolute atomic E-state index is 0.116. The number of benzene rings is 2. The summed E-state index contributed by atoms with van der Waals surface area (Å²) in [5.41, 5.74) is 3.00. The summed E-state index contributed by atoms with van der Waals surface area (Å²) in [7, 11) is 3.45. The maximum atomic E-state index is 12.5. The molecule has 0 aliphatic rings. The number of urea groups is 1. The minimum atomic E-state index is -0.177. The maximum Gasteiger partial charge on any atom is 0.317 e. The van der Waals surface area contributed by atoms with Crippen LogP contribution in [0.15, 0.2) is 47.4 Å². The van der Waals surface area contributed by atoms with Crippen molar-refractivity contribution < 1.29 is 14.3 Å². The largest absolute Gasteiger partial charge is 0.496 e. The number of nitrogens with one attached hydrogen (secondary N) is 1. The Bertz CT molecular complexity index is 818. The summed E-state index contributed by atoms with van der Waals surface area (Å²) in [6.07, 6.45) is 2.02. The molecule has 0 bridgehead atoms. The topological polar surface area (TPSA) is 50.8 Å². The van der Waals surface area contributed by atoms with Crippen LogP contribution in [0.3, 0.4) is 0 Å². The molecule has 0 saturated carbocycles. The van der Waals surface area contributed by atoms with E-state index in [4.69, 9.17) is 9.47 Å². The van der Waals surface area contributed by atoms with E-state index in [2.05, 4.69) is 11.4 Å². The van der Waals surface area contributed by atoms with Gasteiger partial charge in [0.25, 0.3) is 0 Å². The Morgan fingerprint density at radius 2 is 1.83 bits per heavy atom. The lowest BCUT2D eigenvalue weighted by Crippen LogP contribution is -2.36. The lowest BCUT2D eigenvalue weighted by atomic mass is 10.1. The van der Waals surface area contributed by atoms with Gasteiger partial charge in [-0.05, 0) is 55.9 Å². The first-order chi connectivity index (χ1) is 13.7. The fourth-order valence-electron chi connectivity index (χ4n) is 2.77. The summed E-state index contributed by atoms with van der Waals surface area (Å²) in [6.45, 7) is 7.65. The van der Waals surface area contributed by atoms with E-state index in [1.165, 1.54) is 0 Å². The first-order valence-electron chi connectivity index (χ1n) is 9.63. The molecule has 0 unspecified atom stereocenters. The van der Waals surface area contributed by atoms with Crippen LogP contribution in [0, 0.1) is 0 Å². The third kappa shape index (κ3) is 7.63. The molecule has 6 heteroatoms. The fraction of sp³-hybridized carbons (Fsp3) is 0.435. The molecule has 5 nitrogen and oxygen atoms in total. The van der Waals surface area contributed by atoms with Gasteiger partial charge in [-0.15, -0.1) is 11.8 Å². The van der Waals surface area contributed by atoms with Crippen LogP contribution in [-0.4, -0.2) is 36.9 Å². The zero-order chi connectivity index (χ0) is 21.4. The molecular weight excluding hydrogens is 384 g/mol. The van der Waals surface area contributed by atoms with E-state index in [1.54, 1.807) is 30.8 Å². The lowest BCUT2D eigenvalue weighted by molar-refractivity contribution is -0.0149. The van der Waals surface area contributed by atoms with Crippen molar-refractivity contribution >= 4 is 17.8 Å². The molecule has 158 valence electrons. The molecule has 0 atom stereocenters. The van der Waals surface area contributed by atoms with E-state index in [0.29, 0.717) is 19.7 Å². The molecule has 0 aromatic heterocycles. The maximum absolute atomic E-state index is 12.5. The van der Waals surface area contributed by atoms with E-state index in [0.717, 1.165) is 27.3 Å². The fourth-order valence-corrected chi connectivity index (χ4v) is 3.31. The monoisotopic (exact) mass is 416 g/mol. The summed E-state index contributed by atoms with van der Waals surface area (Å²) in [4.78, 5) is 15.2. The predicted molar refractivity (Wildman–Crippen MR) is 119 cm³/mol. The summed E-state index contributed by atoms with van der Waals surface area (Å²) >= 11 is 1.64. The number of hydrogen-bond donors (Lipinski definition) is 1. The molecule has 0 aliphatic heterocycles. The van der Waals surface area contributed by atoms with Gasteiger partial charge in [-0.1, -0.05) is 30.3 Å². The molecule has 0 saturated heterocycles. The van der Waals surface area contributed by atoms with Gasteiger partial charge in [0.05, 0.1) is 19.3 Å². The first-order valence-corrected chi connectivity index (χ1v) is 10.9. The van der Waals surface area contributed by atoms with Gasteiger partial charge in [0.15, 0.2) is 0 Å². The third-order valence-corrected chi connectivity index (χ3v) is 5.10. The Morgan fingerprint density at radius 1 is 1.10 bits per heavy atom. The zero-order valence-corrected chi connectivity index (χ0v) is 19.1. The quantitative estimate of drug-likeness (QED) is 0.610. The van der Waals surface area contributed by atoms with E-state index in [1.807, 2.05) is 63.4 Å². The van der Waals surface area contributed by atoms with Crippen LogP contribution in [0.4, 0.5) is 4.79 Å². The predicted octanol–water partition coefficient (Wildman–Crippen LogP) is 5.07. The highest BCUT2D eigenvalue weighted by atomic mass is 32.2. The molecule has 0 aliphatic carbocycles. The lowest BCUT2D eigenvalue weighted by Gasteiger charge is -2.20. The van der Waals surface area contributed by atoms with E-state index in [-0.39, 0.29) is 11.6 Å². The number of carbonyl (C=O) groups excluding carboxylic acids is 1. The highest BCUT2D eigenvalue weighted by molar-refractivity contribution is 7.98. The highest BCUT2D eigenvalue weighted by Gasteiger charge is 2.12. The number of hydrogen-bond acceptors (Lipinski definition) is 4. The summed E-state index contributed by atoms with van der Waals surface area (Å²) in [5, 5.41) is 2.98. The van der Waals surface area contributed by atoms with Crippen molar-refractivity contribution in [1.82, 2.24) is 10.2 Å². The molecule has 0 heterocycles. The molecular formula is C23H32N2O3S. The smallest absolute Gasteiger partial charge is 0.317 e. The van der Waals surface area contributed by atoms with Crippen molar-refractivity contribution in [2.75, 3.05) is 20.4 Å². The van der Waals surface area contributed by atoms with Crippen molar-refractivity contribution in [2.24, 2.45) is 0 Å². The molecule has 0 fully saturated rings. The summed E-state index contributed by atoms with van der Waals surface area (Å²) in [5.74, 6) is 0.832. The Labute approximate surface area is 178 Å². The average molecular weight is 417 g/mol. The number of carbonyl (C=O) groups is 1. The van der Waals surface area contributed by atoms with Crippen LogP contribution >= 0.6 is 11.8 Å². The molecule has 2 aromatic rings. The van der Waals surface area contributed by atoms with Crippen LogP contribution < -0.4 is 10.1 Å². The van der Waals surface area contributed by atoms with Gasteiger partial charge >= 0.3 is 6.03 Å². The van der Waals surface area contributed by atoms with Gasteiger partial charge < -0.3 is 19.7 Å². The molecule has 1 N–H and O–H groups in total. The second-order valence-corrected chi connectivity index (χ2v) is 8.77. The van der Waals surface area contributed by atoms with Crippen LogP contribution in [0.5, 0.6) is 5.75 Å². The number of rotatable bonds is 8. The van der Waals surface area contributed by atoms with Gasteiger partial charge in [0, 0.05) is 25.0 Å². The number of thioether (sulfide) groups is 1. The molecule has 2 amide bonds. The minimum Gasteiger partial charge on any atom is -0.496 e. The van der Waals surface area contributed by atoms with Crippen LogP contribution in [0.1, 0.15) is 37.5 Å². The van der Waals surface area contributed by atoms with Gasteiger partial charge in [-0.2, -0.15) is 0 Å². The van der Waals surface area contributed by atoms with E-state index < -0.39 is 0 Å². The highest BCUT2D eigenvalue weighted by Crippen LogP contribution is 2.28. The Kier molecular flexibility index (Phi) is 8.41. The second-order valence-electron chi connectivity index (χ2n) is 7.93. The summed E-state index contributed by atoms with van der Waals surface area (Å²) in [6, 6.07) is 14.0. The van der Waals surface area contributed by atoms with Crippen molar-refractivity contribution in [3.05, 3.63) is 59.2 Å². The standard InChI is InChI=1S/C23H32N2O3S/c1-23(2,3)28-16-19-9-7-8-17(12-19)14-24-22(26)25(4)15-18-10-11-21(29-6)20(13-18)27-5/h7-13H,14-16H2,1-6H3,(H,24,26). The zero-order valence-electron chi connectivity index (χ0n) is 18.2. The van der Waals surface area contributed by atoms with Crippen molar-refractivity contribution in [3.63, 3.8) is 0 Å². The summed E-state index contributed by atoms with van der Waals surface area (Å²) < 4.78 is 11.3. The Balaban J connectivity index is 1.90. The van der Waals surface area contributed by atoms with Crippen molar-refractivity contribution in [1.29, 1.82) is 0 Å². The van der Waals surface area contributed by atoms with Crippen LogP contribution in [0.2, 0.25) is 0 Å². The molecule has 2 rings (SSSR count). The van der Waals surface area contributed by atoms with Gasteiger partial charge in [0.1, 0.15) is 5.75 Å². The number of methoxy groups -OCH3 is 1. The van der Waals surface area contributed by atoms with Gasteiger partial charge in [-0.25, -0.2) is 4.79 Å². The normalized spacial score (nSPS) is 11.2. The number of ether oxygens (including phenoxy) is 2. The molecule has 0 spiro atoms. The van der Waals surface area contributed by atoms with Crippen LogP contribution in [0.25, 0.3) is 0 Å². The molecule has 0 radical (unpaired) electrons. The third-order valence-electron chi connectivity index (χ3n) is 4.32. The van der Waals surface area contributed by atoms with Gasteiger partial charge in [-0.3, -0.25) is 0 Å². The number of nitrogens with zero attached hydrogens (tertiary/aromatic N) is 1. The Morgan fingerprint density at radius 3 is 2.48 bits per heavy atom. The molecule has 29 heavy (non-hydrogen) atoms. The average Bonchev–Trinajstić information content (AvgIpc) is 2.70. The molecule has 2 aromatic carbocycles. The van der Waals surface area contributed by atoms with Gasteiger partial charge in [0.2, 0.25) is 0 Å². The first kappa shape index (κ1) is 23.1. The van der Waals surface area contributed by atoms with Crippen molar-refractivity contribution in [3.8, 4) is 5.75 Å². The van der Waals surface area contributed by atoms with E-state index >= 15 is 0 Å². The second kappa shape index (κ2) is 10.6.